The van der Waals surface area contributed by atoms with Gasteiger partial charge in [-0.25, -0.2) is 9.89 Å². The molecule has 3 heterocycles. The van der Waals surface area contributed by atoms with Gasteiger partial charge in [0.25, 0.3) is 0 Å². The topological polar surface area (TPSA) is 132 Å². The van der Waals surface area contributed by atoms with Crippen LogP contribution in [0.2, 0.25) is 0 Å². The highest BCUT2D eigenvalue weighted by Gasteiger charge is 2.36. The molecule has 5 rings (SSSR count). The molecule has 0 amide bonds. The van der Waals surface area contributed by atoms with Crippen molar-refractivity contribution in [2.45, 2.75) is 71.4 Å². The lowest BCUT2D eigenvalue weighted by Crippen LogP contribution is -2.36. The molecule has 1 aromatic carbocycles. The Labute approximate surface area is 227 Å². The molecule has 0 bridgehead atoms. The van der Waals surface area contributed by atoms with Crippen LogP contribution in [0.1, 0.15) is 69.8 Å². The quantitative estimate of drug-likeness (QED) is 0.300. The number of aromatic nitrogens is 7. The van der Waals surface area contributed by atoms with Crippen LogP contribution in [0.15, 0.2) is 53.6 Å². The predicted molar refractivity (Wildman–Crippen MR) is 147 cm³/mol. The van der Waals surface area contributed by atoms with Crippen molar-refractivity contribution in [2.24, 2.45) is 11.8 Å². The summed E-state index contributed by atoms with van der Waals surface area (Å²) in [5.74, 6) is -0.689. The van der Waals surface area contributed by atoms with Crippen LogP contribution in [0.4, 0.5) is 0 Å². The fourth-order valence-corrected chi connectivity index (χ4v) is 5.83. The zero-order valence-electron chi connectivity index (χ0n) is 22.5. The zero-order chi connectivity index (χ0) is 27.4. The monoisotopic (exact) mass is 529 g/mol. The molecule has 0 spiro atoms. The zero-order valence-corrected chi connectivity index (χ0v) is 22.5. The molecule has 3 atom stereocenters. The number of nitrogens with one attached hydrogen (secondary N) is 1. The fraction of sp³-hybridized carbons (Fsp3) is 0.448. The Morgan fingerprint density at radius 3 is 2.69 bits per heavy atom. The van der Waals surface area contributed by atoms with Crippen molar-refractivity contribution in [3.05, 3.63) is 70.7 Å². The number of hydrogen-bond acceptors (Lipinski definition) is 6. The molecule has 39 heavy (non-hydrogen) atoms. The Hall–Kier alpha value is -4.08. The molecule has 1 saturated carbocycles. The van der Waals surface area contributed by atoms with Gasteiger partial charge in [-0.05, 0) is 71.4 Å². The fourth-order valence-electron chi connectivity index (χ4n) is 5.83. The van der Waals surface area contributed by atoms with Crippen molar-refractivity contribution in [1.82, 2.24) is 34.7 Å². The summed E-state index contributed by atoms with van der Waals surface area (Å²) in [6.45, 7) is 4.53. The van der Waals surface area contributed by atoms with Crippen LogP contribution in [-0.4, -0.2) is 45.8 Å². The number of hydrogen-bond donors (Lipinski definition) is 2. The Morgan fingerprint density at radius 1 is 1.13 bits per heavy atom. The van der Waals surface area contributed by atoms with E-state index in [1.165, 1.54) is 0 Å². The average molecular weight is 530 g/mol. The van der Waals surface area contributed by atoms with Gasteiger partial charge in [0, 0.05) is 23.7 Å². The third kappa shape index (κ3) is 5.69. The van der Waals surface area contributed by atoms with Gasteiger partial charge in [-0.3, -0.25) is 18.9 Å². The van der Waals surface area contributed by atoms with E-state index in [2.05, 4.69) is 39.5 Å². The van der Waals surface area contributed by atoms with Crippen LogP contribution in [0, 0.1) is 11.8 Å². The number of carboxylic acid groups (broad SMARTS) is 1. The van der Waals surface area contributed by atoms with Crippen LogP contribution in [0.3, 0.4) is 0 Å². The van der Waals surface area contributed by atoms with Gasteiger partial charge in [-0.15, -0.1) is 5.10 Å². The first-order valence-corrected chi connectivity index (χ1v) is 13.8. The number of H-pyrrole nitrogens is 1. The van der Waals surface area contributed by atoms with E-state index in [1.54, 1.807) is 15.3 Å². The molecule has 1 fully saturated rings. The normalized spacial score (nSPS) is 19.6. The number of carbonyl (C=O) groups is 1. The number of imidazole rings is 1. The maximum Gasteiger partial charge on any atom is 0.328 e. The number of benzene rings is 1. The number of pyridine rings is 1. The van der Waals surface area contributed by atoms with Gasteiger partial charge in [-0.1, -0.05) is 51.3 Å². The number of unbranched alkanes of at least 4 members (excludes halogenated alkanes) is 1. The molecule has 4 aromatic rings. The van der Waals surface area contributed by atoms with Crippen molar-refractivity contribution in [3.8, 4) is 22.5 Å². The van der Waals surface area contributed by atoms with Crippen molar-refractivity contribution in [3.63, 3.8) is 0 Å². The Balaban J connectivity index is 1.50. The Bertz CT molecular complexity index is 1470. The predicted octanol–water partition coefficient (Wildman–Crippen LogP) is 4.73. The van der Waals surface area contributed by atoms with E-state index in [-0.39, 0.29) is 17.6 Å². The average Bonchev–Trinajstić information content (AvgIpc) is 3.53. The number of tetrazole rings is 1. The second kappa shape index (κ2) is 11.8. The molecular weight excluding hydrogens is 494 g/mol. The highest BCUT2D eigenvalue weighted by molar-refractivity contribution is 5.71. The summed E-state index contributed by atoms with van der Waals surface area (Å²) in [7, 11) is 0. The Kier molecular flexibility index (Phi) is 7.99. The summed E-state index contributed by atoms with van der Waals surface area (Å²) in [5.41, 5.74) is 4.37. The maximum atomic E-state index is 13.9. The number of aromatic amines is 1. The van der Waals surface area contributed by atoms with Gasteiger partial charge in [0.05, 0.1) is 24.2 Å². The lowest BCUT2D eigenvalue weighted by atomic mass is 9.88. The smallest absolute Gasteiger partial charge is 0.328 e. The molecule has 1 aliphatic carbocycles. The van der Waals surface area contributed by atoms with Gasteiger partial charge in [-0.2, -0.15) is 0 Å². The first-order chi connectivity index (χ1) is 19.0. The number of aliphatic carboxylic acids is 1. The molecule has 2 N–H and O–H groups in total. The summed E-state index contributed by atoms with van der Waals surface area (Å²) in [6, 6.07) is 11.5. The first-order valence-electron chi connectivity index (χ1n) is 13.8. The summed E-state index contributed by atoms with van der Waals surface area (Å²) in [5, 5.41) is 24.1. The molecular formula is C29H35N7O3. The summed E-state index contributed by atoms with van der Waals surface area (Å²) in [4.78, 5) is 30.7. The summed E-state index contributed by atoms with van der Waals surface area (Å²) < 4.78 is 3.51. The van der Waals surface area contributed by atoms with Gasteiger partial charge in [0.2, 0.25) is 0 Å². The van der Waals surface area contributed by atoms with Crippen LogP contribution in [0.5, 0.6) is 0 Å². The van der Waals surface area contributed by atoms with E-state index >= 15 is 0 Å². The van der Waals surface area contributed by atoms with Gasteiger partial charge < -0.3 is 5.11 Å². The molecule has 0 radical (unpaired) electrons. The highest BCUT2D eigenvalue weighted by atomic mass is 16.4. The van der Waals surface area contributed by atoms with Crippen LogP contribution >= 0.6 is 0 Å². The number of carboxylic acids is 1. The molecule has 0 aliphatic heterocycles. The highest BCUT2D eigenvalue weighted by Crippen LogP contribution is 2.37. The second-order valence-corrected chi connectivity index (χ2v) is 10.6. The minimum absolute atomic E-state index is 0.106. The third-order valence-electron chi connectivity index (χ3n) is 7.88. The molecule has 204 valence electrons. The third-order valence-corrected chi connectivity index (χ3v) is 7.88. The summed E-state index contributed by atoms with van der Waals surface area (Å²) in [6.07, 6.45) is 9.76. The largest absolute Gasteiger partial charge is 0.481 e. The van der Waals surface area contributed by atoms with E-state index in [1.807, 2.05) is 42.6 Å². The first kappa shape index (κ1) is 26.5. The maximum absolute atomic E-state index is 13.9. The lowest BCUT2D eigenvalue weighted by Gasteiger charge is -2.27. The number of rotatable bonds is 9. The molecule has 10 heteroatoms. The molecule has 3 aromatic heterocycles. The van der Waals surface area contributed by atoms with Crippen molar-refractivity contribution in [1.29, 1.82) is 0 Å². The molecule has 0 saturated heterocycles. The second-order valence-electron chi connectivity index (χ2n) is 10.6. The lowest BCUT2D eigenvalue weighted by molar-refractivity contribution is -0.144. The molecule has 10 nitrogen and oxygen atoms in total. The number of aryl methyl sites for hydroxylation is 1. The van der Waals surface area contributed by atoms with Gasteiger partial charge in [0.1, 0.15) is 0 Å². The van der Waals surface area contributed by atoms with E-state index in [0.29, 0.717) is 18.8 Å². The SMILES string of the molecule is CCCCc1cn(C2C(C)CCCCC2C(=O)O)c(=O)n1Cc1cc(-c2cccc(-c3nnn[nH]3)c2)ccn1. The van der Waals surface area contributed by atoms with E-state index in [4.69, 9.17) is 0 Å². The van der Waals surface area contributed by atoms with E-state index in [9.17, 15) is 14.7 Å². The molecule has 1 aliphatic rings. The van der Waals surface area contributed by atoms with Crippen molar-refractivity contribution in [2.75, 3.05) is 0 Å². The van der Waals surface area contributed by atoms with Crippen molar-refractivity contribution < 1.29 is 9.90 Å². The molecule has 3 unspecified atom stereocenters. The summed E-state index contributed by atoms with van der Waals surface area (Å²) >= 11 is 0. The van der Waals surface area contributed by atoms with Gasteiger partial charge in [0.15, 0.2) is 5.82 Å². The minimum Gasteiger partial charge on any atom is -0.481 e. The standard InChI is InChI=1S/C29H35N7O3/c1-3-4-11-24-18-36(26-19(2)8-5-6-12-25(26)28(37)38)29(39)35(24)17-23-16-21(13-14-30-23)20-9-7-10-22(15-20)27-31-33-34-32-27/h7,9-10,13-16,18-19,25-26H,3-6,8,11-12,17H2,1-2H3,(H,37,38)(H,31,32,33,34). The van der Waals surface area contributed by atoms with E-state index in [0.717, 1.165) is 66.6 Å². The minimum atomic E-state index is -0.818. The van der Waals surface area contributed by atoms with Gasteiger partial charge >= 0.3 is 11.7 Å². The number of nitrogens with zero attached hydrogens (tertiary/aromatic N) is 6. The van der Waals surface area contributed by atoms with Crippen LogP contribution < -0.4 is 5.69 Å². The van der Waals surface area contributed by atoms with Crippen LogP contribution in [0.25, 0.3) is 22.5 Å². The van der Waals surface area contributed by atoms with Crippen LogP contribution in [-0.2, 0) is 17.8 Å². The van der Waals surface area contributed by atoms with Crippen molar-refractivity contribution >= 4 is 5.97 Å². The Morgan fingerprint density at radius 2 is 1.92 bits per heavy atom. The van der Waals surface area contributed by atoms with E-state index < -0.39 is 11.9 Å².